The van der Waals surface area contributed by atoms with Gasteiger partial charge >= 0.3 is 0 Å². The summed E-state index contributed by atoms with van der Waals surface area (Å²) in [4.78, 5) is 0. The van der Waals surface area contributed by atoms with Gasteiger partial charge in [0.15, 0.2) is 0 Å². The van der Waals surface area contributed by atoms with E-state index in [4.69, 9.17) is 0 Å². The summed E-state index contributed by atoms with van der Waals surface area (Å²) < 4.78 is 0. The summed E-state index contributed by atoms with van der Waals surface area (Å²) >= 11 is 0. The molecule has 1 aromatic carbocycles. The first-order valence-electron chi connectivity index (χ1n) is 7.71. The van der Waals surface area contributed by atoms with Crippen LogP contribution in [0.25, 0.3) is 0 Å². The number of rotatable bonds is 10. The molecule has 0 spiro atoms. The van der Waals surface area contributed by atoms with E-state index < -0.39 is 0 Å². The lowest BCUT2D eigenvalue weighted by Crippen LogP contribution is -1.92. The number of hydrogen-bond donors (Lipinski definition) is 0. The Morgan fingerprint density at radius 2 is 1.74 bits per heavy atom. The summed E-state index contributed by atoms with van der Waals surface area (Å²) in [7, 11) is 0. The molecule has 0 bridgehead atoms. The van der Waals surface area contributed by atoms with Gasteiger partial charge in [-0.15, -0.1) is 6.58 Å². The molecule has 1 rings (SSSR count). The number of allylic oxidation sites excluding steroid dienone is 3. The molecule has 1 atom stereocenters. The predicted molar refractivity (Wildman–Crippen MR) is 86.5 cm³/mol. The van der Waals surface area contributed by atoms with Gasteiger partial charge in [0.25, 0.3) is 0 Å². The lowest BCUT2D eigenvalue weighted by Gasteiger charge is -2.09. The van der Waals surface area contributed by atoms with Gasteiger partial charge in [0.2, 0.25) is 0 Å². The Labute approximate surface area is 119 Å². The van der Waals surface area contributed by atoms with E-state index in [0.29, 0.717) is 5.92 Å². The first kappa shape index (κ1) is 15.8. The molecular weight excluding hydrogens is 228 g/mol. The lowest BCUT2D eigenvalue weighted by molar-refractivity contribution is 0.637. The molecule has 1 aromatic rings. The number of benzene rings is 1. The van der Waals surface area contributed by atoms with Gasteiger partial charge in [-0.05, 0) is 24.8 Å². The van der Waals surface area contributed by atoms with Crippen molar-refractivity contribution in [1.29, 1.82) is 0 Å². The van der Waals surface area contributed by atoms with Gasteiger partial charge in [-0.3, -0.25) is 0 Å². The Kier molecular flexibility index (Phi) is 8.80. The maximum Gasteiger partial charge on any atom is 0.00498 e. The minimum atomic E-state index is 0.456. The van der Waals surface area contributed by atoms with Crippen molar-refractivity contribution in [1.82, 2.24) is 0 Å². The third-order valence-electron chi connectivity index (χ3n) is 3.54. The Bertz CT molecular complexity index is 348. The molecule has 0 fully saturated rings. The number of hydrogen-bond acceptors (Lipinski definition) is 0. The Morgan fingerprint density at radius 1 is 1.00 bits per heavy atom. The van der Waals surface area contributed by atoms with E-state index in [9.17, 15) is 0 Å². The first-order chi connectivity index (χ1) is 9.38. The number of unbranched alkanes of at least 4 members (excludes halogenated alkanes) is 5. The third-order valence-corrected chi connectivity index (χ3v) is 3.54. The van der Waals surface area contributed by atoms with Crippen LogP contribution in [0.5, 0.6) is 0 Å². The van der Waals surface area contributed by atoms with Crippen molar-refractivity contribution < 1.29 is 0 Å². The molecule has 0 heteroatoms. The standard InChI is InChI=1S/C19H28/c1-3-5-6-7-8-9-10-12-15-18(4-2)19-16-13-11-14-17-19/h4,10-14,16-18H,2-3,5-9,15H2,1H3/b12-10+. The molecule has 0 heterocycles. The molecule has 0 nitrogen and oxygen atoms in total. The van der Waals surface area contributed by atoms with Crippen LogP contribution < -0.4 is 0 Å². The average molecular weight is 256 g/mol. The van der Waals surface area contributed by atoms with Crippen molar-refractivity contribution in [3.63, 3.8) is 0 Å². The van der Waals surface area contributed by atoms with E-state index in [1.807, 2.05) is 0 Å². The molecule has 0 aliphatic carbocycles. The van der Waals surface area contributed by atoms with Gasteiger partial charge in [0.1, 0.15) is 0 Å². The Morgan fingerprint density at radius 3 is 2.42 bits per heavy atom. The fourth-order valence-electron chi connectivity index (χ4n) is 2.30. The largest absolute Gasteiger partial charge is 0.102 e. The highest BCUT2D eigenvalue weighted by molar-refractivity contribution is 5.23. The van der Waals surface area contributed by atoms with E-state index in [2.05, 4.69) is 62.1 Å². The zero-order valence-electron chi connectivity index (χ0n) is 12.4. The molecule has 0 aliphatic heterocycles. The topological polar surface area (TPSA) is 0 Å². The van der Waals surface area contributed by atoms with Crippen molar-refractivity contribution >= 4 is 0 Å². The van der Waals surface area contributed by atoms with E-state index in [-0.39, 0.29) is 0 Å². The smallest absolute Gasteiger partial charge is 0.00498 e. The summed E-state index contributed by atoms with van der Waals surface area (Å²) in [6.45, 7) is 6.22. The van der Waals surface area contributed by atoms with Crippen LogP contribution in [0, 0.1) is 0 Å². The van der Waals surface area contributed by atoms with Crippen LogP contribution in [0.3, 0.4) is 0 Å². The first-order valence-corrected chi connectivity index (χ1v) is 7.71. The maximum absolute atomic E-state index is 3.95. The van der Waals surface area contributed by atoms with Crippen LogP contribution >= 0.6 is 0 Å². The average Bonchev–Trinajstić information content (AvgIpc) is 2.47. The van der Waals surface area contributed by atoms with Crippen molar-refractivity contribution in [2.75, 3.05) is 0 Å². The van der Waals surface area contributed by atoms with Gasteiger partial charge in [0, 0.05) is 5.92 Å². The van der Waals surface area contributed by atoms with Crippen LogP contribution in [0.15, 0.2) is 55.1 Å². The van der Waals surface area contributed by atoms with Crippen LogP contribution in [0.2, 0.25) is 0 Å². The van der Waals surface area contributed by atoms with Crippen LogP contribution in [0.1, 0.15) is 63.4 Å². The second-order valence-electron chi connectivity index (χ2n) is 5.16. The van der Waals surface area contributed by atoms with E-state index in [0.717, 1.165) is 6.42 Å². The highest BCUT2D eigenvalue weighted by atomic mass is 14.1. The summed E-state index contributed by atoms with van der Waals surface area (Å²) in [5.41, 5.74) is 1.37. The zero-order valence-corrected chi connectivity index (χ0v) is 12.4. The molecule has 19 heavy (non-hydrogen) atoms. The van der Waals surface area contributed by atoms with Gasteiger partial charge in [0.05, 0.1) is 0 Å². The summed E-state index contributed by atoms with van der Waals surface area (Å²) in [5, 5.41) is 0. The third kappa shape index (κ3) is 7.00. The Balaban J connectivity index is 2.21. The maximum atomic E-state index is 3.95. The minimum absolute atomic E-state index is 0.456. The fourth-order valence-corrected chi connectivity index (χ4v) is 2.30. The summed E-state index contributed by atoms with van der Waals surface area (Å²) in [6.07, 6.45) is 15.8. The summed E-state index contributed by atoms with van der Waals surface area (Å²) in [6, 6.07) is 10.6. The molecule has 0 saturated carbocycles. The quantitative estimate of drug-likeness (QED) is 0.342. The molecule has 104 valence electrons. The molecule has 0 radical (unpaired) electrons. The molecule has 0 amide bonds. The van der Waals surface area contributed by atoms with Crippen molar-refractivity contribution in [2.24, 2.45) is 0 Å². The van der Waals surface area contributed by atoms with Gasteiger partial charge < -0.3 is 0 Å². The van der Waals surface area contributed by atoms with Crippen LogP contribution in [0.4, 0.5) is 0 Å². The SMILES string of the molecule is C=CC(C/C=C/CCCCCCC)c1ccccc1. The van der Waals surface area contributed by atoms with Crippen LogP contribution in [-0.2, 0) is 0 Å². The van der Waals surface area contributed by atoms with Crippen LogP contribution in [-0.4, -0.2) is 0 Å². The zero-order chi connectivity index (χ0) is 13.8. The van der Waals surface area contributed by atoms with Crippen molar-refractivity contribution in [2.45, 2.75) is 57.8 Å². The Hall–Kier alpha value is -1.30. The van der Waals surface area contributed by atoms with Gasteiger partial charge in [-0.25, -0.2) is 0 Å². The molecule has 1 unspecified atom stereocenters. The second-order valence-corrected chi connectivity index (χ2v) is 5.16. The molecule has 0 N–H and O–H groups in total. The highest BCUT2D eigenvalue weighted by Gasteiger charge is 2.03. The molecule has 0 aliphatic rings. The van der Waals surface area contributed by atoms with Crippen molar-refractivity contribution in [3.05, 3.63) is 60.7 Å². The minimum Gasteiger partial charge on any atom is -0.102 e. The van der Waals surface area contributed by atoms with Gasteiger partial charge in [-0.1, -0.05) is 81.2 Å². The van der Waals surface area contributed by atoms with Crippen molar-refractivity contribution in [3.8, 4) is 0 Å². The monoisotopic (exact) mass is 256 g/mol. The molecule has 0 saturated heterocycles. The lowest BCUT2D eigenvalue weighted by atomic mass is 9.95. The normalized spacial score (nSPS) is 12.7. The van der Waals surface area contributed by atoms with E-state index in [1.165, 1.54) is 44.1 Å². The molecular formula is C19H28. The van der Waals surface area contributed by atoms with Gasteiger partial charge in [-0.2, -0.15) is 0 Å². The summed E-state index contributed by atoms with van der Waals surface area (Å²) in [5.74, 6) is 0.456. The predicted octanol–water partition coefficient (Wildman–Crippen LogP) is 6.26. The highest BCUT2D eigenvalue weighted by Crippen LogP contribution is 2.21. The van der Waals surface area contributed by atoms with E-state index >= 15 is 0 Å². The fraction of sp³-hybridized carbons (Fsp3) is 0.474. The molecule has 0 aromatic heterocycles. The second kappa shape index (κ2) is 10.6. The van der Waals surface area contributed by atoms with E-state index in [1.54, 1.807) is 0 Å².